The Balaban J connectivity index is 1.74. The van der Waals surface area contributed by atoms with Gasteiger partial charge < -0.3 is 20.9 Å². The van der Waals surface area contributed by atoms with E-state index in [0.717, 1.165) is 0 Å². The molecule has 202 valence electrons. The number of aliphatic hydroxyl groups excluding tert-OH is 1. The summed E-state index contributed by atoms with van der Waals surface area (Å²) >= 11 is 0. The molecule has 5 N–H and O–H groups in total. The van der Waals surface area contributed by atoms with Crippen LogP contribution in [0, 0.1) is 5.92 Å². The zero-order chi connectivity index (χ0) is 28.0. The van der Waals surface area contributed by atoms with Gasteiger partial charge in [0.2, 0.25) is 0 Å². The maximum atomic E-state index is 13.8. The fourth-order valence-electron chi connectivity index (χ4n) is 4.42. The molecule has 1 atom stereocenters. The Morgan fingerprint density at radius 2 is 1.89 bits per heavy atom. The monoisotopic (exact) mass is 540 g/mol. The van der Waals surface area contributed by atoms with Gasteiger partial charge in [0.25, 0.3) is 10.0 Å². The van der Waals surface area contributed by atoms with Crippen molar-refractivity contribution in [3.05, 3.63) is 59.2 Å². The van der Waals surface area contributed by atoms with Gasteiger partial charge in [-0.15, -0.1) is 4.40 Å². The fourth-order valence-corrected chi connectivity index (χ4v) is 5.57. The van der Waals surface area contributed by atoms with Crippen LogP contribution in [0.15, 0.2) is 57.3 Å². The molecule has 0 fully saturated rings. The number of rotatable bonds is 5. The second-order valence-electron chi connectivity index (χ2n) is 10.9. The van der Waals surface area contributed by atoms with Crippen LogP contribution in [0.1, 0.15) is 58.6 Å². The third-order valence-electron chi connectivity index (χ3n) is 6.25. The lowest BCUT2D eigenvalue weighted by Gasteiger charge is -2.36. The minimum absolute atomic E-state index is 0.126. The summed E-state index contributed by atoms with van der Waals surface area (Å²) in [6.07, 6.45) is 0.192. The first-order valence-corrected chi connectivity index (χ1v) is 13.7. The van der Waals surface area contributed by atoms with E-state index in [0.29, 0.717) is 24.0 Å². The van der Waals surface area contributed by atoms with E-state index in [-0.39, 0.29) is 33.6 Å². The SMILES string of the molecule is CC(C)CC[C@@]1(N)C(=O)C(C2=NS(=O)(=O)c3cc(NC(=O)OC(C)(C)C)ccc3N2)=C(O)c2ccccc21. The van der Waals surface area contributed by atoms with E-state index in [2.05, 4.69) is 15.0 Å². The summed E-state index contributed by atoms with van der Waals surface area (Å²) in [5.74, 6) is -1.08. The molecule has 0 bridgehead atoms. The average molecular weight is 541 g/mol. The molecule has 1 amide bonds. The maximum absolute atomic E-state index is 13.8. The van der Waals surface area contributed by atoms with Crippen LogP contribution in [0.3, 0.4) is 0 Å². The molecular weight excluding hydrogens is 508 g/mol. The molecule has 38 heavy (non-hydrogen) atoms. The number of carbonyl (C=O) groups is 2. The second-order valence-corrected chi connectivity index (χ2v) is 12.5. The van der Waals surface area contributed by atoms with Crippen LogP contribution < -0.4 is 16.4 Å². The highest BCUT2D eigenvalue weighted by Gasteiger charge is 2.47. The summed E-state index contributed by atoms with van der Waals surface area (Å²) in [5, 5.41) is 16.5. The second kappa shape index (κ2) is 9.55. The summed E-state index contributed by atoms with van der Waals surface area (Å²) < 4.78 is 35.5. The standard InChI is InChI=1S/C27H32N4O6S/c1-15(2)12-13-27(28)18-9-7-6-8-17(18)22(32)21(23(27)33)24-30-19-11-10-16(14-20(19)38(35,36)31-24)29-25(34)37-26(3,4)5/h6-11,14-15,32H,12-13,28H2,1-5H3,(H,29,34)(H,30,31)/t27-/m0/s1. The molecule has 1 heterocycles. The van der Waals surface area contributed by atoms with Crippen LogP contribution >= 0.6 is 0 Å². The number of ketones is 1. The Hall–Kier alpha value is -3.70. The molecule has 0 saturated heterocycles. The summed E-state index contributed by atoms with van der Waals surface area (Å²) in [6.45, 7) is 9.14. The third kappa shape index (κ3) is 5.16. The Kier molecular flexibility index (Phi) is 6.87. The number of aliphatic hydroxyl groups is 1. The van der Waals surface area contributed by atoms with Gasteiger partial charge >= 0.3 is 6.09 Å². The predicted octanol–water partition coefficient (Wildman–Crippen LogP) is 4.69. The first-order valence-electron chi connectivity index (χ1n) is 12.3. The molecule has 10 nitrogen and oxygen atoms in total. The minimum atomic E-state index is -4.33. The number of anilines is 2. The molecular formula is C27H32N4O6S. The van der Waals surface area contributed by atoms with Gasteiger partial charge in [-0.1, -0.05) is 38.1 Å². The molecule has 0 unspecified atom stereocenters. The van der Waals surface area contributed by atoms with Crippen molar-refractivity contribution >= 4 is 44.9 Å². The van der Waals surface area contributed by atoms with Gasteiger partial charge in [-0.05, 0) is 63.3 Å². The first kappa shape index (κ1) is 27.3. The van der Waals surface area contributed by atoms with Gasteiger partial charge in [0.15, 0.2) is 11.6 Å². The van der Waals surface area contributed by atoms with E-state index in [4.69, 9.17) is 10.5 Å². The van der Waals surface area contributed by atoms with Gasteiger partial charge in [0.1, 0.15) is 27.4 Å². The molecule has 2 aromatic rings. The topological polar surface area (TPSA) is 160 Å². The number of hydrogen-bond acceptors (Lipinski definition) is 8. The molecule has 0 spiro atoms. The quantitative estimate of drug-likeness (QED) is 0.425. The highest BCUT2D eigenvalue weighted by molar-refractivity contribution is 7.90. The van der Waals surface area contributed by atoms with E-state index < -0.39 is 38.8 Å². The molecule has 0 saturated carbocycles. The van der Waals surface area contributed by atoms with Gasteiger partial charge in [0, 0.05) is 11.3 Å². The minimum Gasteiger partial charge on any atom is -0.506 e. The normalized spacial score (nSPS) is 20.3. The zero-order valence-electron chi connectivity index (χ0n) is 22.0. The molecule has 1 aliphatic carbocycles. The number of fused-ring (bicyclic) bond motifs is 2. The number of ether oxygens (including phenoxy) is 1. The van der Waals surface area contributed by atoms with Crippen molar-refractivity contribution in [2.24, 2.45) is 16.0 Å². The highest BCUT2D eigenvalue weighted by atomic mass is 32.2. The van der Waals surface area contributed by atoms with Gasteiger partial charge in [-0.2, -0.15) is 8.42 Å². The van der Waals surface area contributed by atoms with Crippen LogP contribution in [0.2, 0.25) is 0 Å². The van der Waals surface area contributed by atoms with Gasteiger partial charge in [0.05, 0.1) is 5.69 Å². The fraction of sp³-hybridized carbons (Fsp3) is 0.370. The number of nitrogens with zero attached hydrogens (tertiary/aromatic N) is 1. The van der Waals surface area contributed by atoms with Crippen molar-refractivity contribution in [3.8, 4) is 0 Å². The molecule has 4 rings (SSSR count). The molecule has 0 aromatic heterocycles. The number of carbonyl (C=O) groups excluding carboxylic acids is 2. The van der Waals surface area contributed by atoms with E-state index >= 15 is 0 Å². The van der Waals surface area contributed by atoms with Gasteiger partial charge in [-0.25, -0.2) is 4.79 Å². The molecule has 0 radical (unpaired) electrons. The summed E-state index contributed by atoms with van der Waals surface area (Å²) in [7, 11) is -4.33. The Labute approximate surface area is 222 Å². The Bertz CT molecular complexity index is 1490. The smallest absolute Gasteiger partial charge is 0.412 e. The first-order chi connectivity index (χ1) is 17.6. The van der Waals surface area contributed by atoms with E-state index in [1.807, 2.05) is 13.8 Å². The van der Waals surface area contributed by atoms with Crippen molar-refractivity contribution < 1.29 is 27.9 Å². The molecule has 11 heteroatoms. The van der Waals surface area contributed by atoms with Crippen molar-refractivity contribution in [3.63, 3.8) is 0 Å². The Morgan fingerprint density at radius 3 is 2.55 bits per heavy atom. The van der Waals surface area contributed by atoms with Crippen molar-refractivity contribution in [1.29, 1.82) is 0 Å². The number of nitrogens with two attached hydrogens (primary N) is 1. The lowest BCUT2D eigenvalue weighted by atomic mass is 9.72. The number of benzene rings is 2. The Morgan fingerprint density at radius 1 is 1.21 bits per heavy atom. The maximum Gasteiger partial charge on any atom is 0.412 e. The van der Waals surface area contributed by atoms with Gasteiger partial charge in [-0.3, -0.25) is 10.1 Å². The molecule has 2 aromatic carbocycles. The number of amidine groups is 1. The number of Topliss-reactive ketones (excluding diaryl/α,β-unsaturated/α-hetero) is 1. The summed E-state index contributed by atoms with van der Waals surface area (Å²) in [4.78, 5) is 25.7. The predicted molar refractivity (Wildman–Crippen MR) is 145 cm³/mol. The summed E-state index contributed by atoms with van der Waals surface area (Å²) in [6, 6.07) is 10.9. The van der Waals surface area contributed by atoms with Crippen molar-refractivity contribution in [2.45, 2.75) is 63.5 Å². The van der Waals surface area contributed by atoms with E-state index in [1.165, 1.54) is 18.2 Å². The molecule has 1 aliphatic heterocycles. The van der Waals surface area contributed by atoms with Crippen LogP contribution in [0.25, 0.3) is 5.76 Å². The number of nitrogens with one attached hydrogen (secondary N) is 2. The van der Waals surface area contributed by atoms with Crippen molar-refractivity contribution in [1.82, 2.24) is 0 Å². The highest BCUT2D eigenvalue weighted by Crippen LogP contribution is 2.41. The number of amides is 1. The van der Waals surface area contributed by atoms with Crippen LogP contribution in [0.5, 0.6) is 0 Å². The third-order valence-corrected chi connectivity index (χ3v) is 7.57. The largest absolute Gasteiger partial charge is 0.506 e. The lowest BCUT2D eigenvalue weighted by Crippen LogP contribution is -2.50. The zero-order valence-corrected chi connectivity index (χ0v) is 22.8. The summed E-state index contributed by atoms with van der Waals surface area (Å²) in [5.41, 5.74) is 5.34. The van der Waals surface area contributed by atoms with Crippen LogP contribution in [-0.2, 0) is 25.1 Å². The average Bonchev–Trinajstić information content (AvgIpc) is 2.80. The van der Waals surface area contributed by atoms with Crippen molar-refractivity contribution in [2.75, 3.05) is 10.6 Å². The number of hydrogen-bond donors (Lipinski definition) is 4. The van der Waals surface area contributed by atoms with Crippen LogP contribution in [-0.4, -0.2) is 36.8 Å². The molecule has 2 aliphatic rings. The van der Waals surface area contributed by atoms with Crippen LogP contribution in [0.4, 0.5) is 16.2 Å². The lowest BCUT2D eigenvalue weighted by molar-refractivity contribution is -0.120. The van der Waals surface area contributed by atoms with E-state index in [1.54, 1.807) is 45.0 Å². The number of sulfonamides is 1. The van der Waals surface area contributed by atoms with E-state index in [9.17, 15) is 23.1 Å².